The summed E-state index contributed by atoms with van der Waals surface area (Å²) < 4.78 is 5.40. The van der Waals surface area contributed by atoms with Crippen LogP contribution in [0.25, 0.3) is 22.8 Å². The second-order valence-electron chi connectivity index (χ2n) is 7.33. The molecule has 1 heterocycles. The lowest BCUT2D eigenvalue weighted by atomic mass is 10.1. The van der Waals surface area contributed by atoms with Gasteiger partial charge in [0.2, 0.25) is 11.7 Å². The highest BCUT2D eigenvalue weighted by Crippen LogP contribution is 2.23. The van der Waals surface area contributed by atoms with Crippen LogP contribution in [0.3, 0.4) is 0 Å². The first kappa shape index (κ1) is 20.5. The van der Waals surface area contributed by atoms with Crippen molar-refractivity contribution < 1.29 is 9.32 Å². The number of aryl methyl sites for hydroxylation is 1. The summed E-state index contributed by atoms with van der Waals surface area (Å²) >= 11 is 0. The van der Waals surface area contributed by atoms with Crippen molar-refractivity contribution in [2.75, 3.05) is 11.9 Å². The van der Waals surface area contributed by atoms with E-state index in [1.165, 1.54) is 11.1 Å². The van der Waals surface area contributed by atoms with Gasteiger partial charge < -0.3 is 15.2 Å². The van der Waals surface area contributed by atoms with Crippen LogP contribution < -0.4 is 10.6 Å². The molecule has 3 aromatic carbocycles. The van der Waals surface area contributed by atoms with E-state index >= 15 is 0 Å². The molecule has 0 radical (unpaired) electrons. The van der Waals surface area contributed by atoms with Crippen LogP contribution in [0, 0.1) is 6.92 Å². The number of benzene rings is 3. The fraction of sp³-hybridized carbons (Fsp3) is 0.160. The number of nitrogens with one attached hydrogen (secondary N) is 2. The second-order valence-corrected chi connectivity index (χ2v) is 7.33. The van der Waals surface area contributed by atoms with Crippen LogP contribution in [0.15, 0.2) is 83.4 Å². The quantitative estimate of drug-likeness (QED) is 0.405. The Labute approximate surface area is 181 Å². The molecule has 4 rings (SSSR count). The number of anilines is 1. The van der Waals surface area contributed by atoms with Crippen LogP contribution in [0.2, 0.25) is 0 Å². The molecule has 0 spiro atoms. The highest BCUT2D eigenvalue weighted by atomic mass is 16.5. The van der Waals surface area contributed by atoms with Crippen molar-refractivity contribution in [3.8, 4) is 22.8 Å². The van der Waals surface area contributed by atoms with Gasteiger partial charge in [0.15, 0.2) is 0 Å². The maximum absolute atomic E-state index is 12.2. The predicted octanol–water partition coefficient (Wildman–Crippen LogP) is 4.83. The Bertz CT molecular complexity index is 1120. The van der Waals surface area contributed by atoms with Crippen LogP contribution in [0.1, 0.15) is 17.5 Å². The third-order valence-electron chi connectivity index (χ3n) is 4.85. The molecule has 156 valence electrons. The third kappa shape index (κ3) is 5.65. The molecule has 0 unspecified atom stereocenters. The van der Waals surface area contributed by atoms with Crippen LogP contribution in [0.4, 0.5) is 5.69 Å². The zero-order chi connectivity index (χ0) is 21.5. The van der Waals surface area contributed by atoms with Gasteiger partial charge in [-0.3, -0.25) is 4.79 Å². The van der Waals surface area contributed by atoms with Crippen LogP contribution >= 0.6 is 0 Å². The van der Waals surface area contributed by atoms with E-state index in [-0.39, 0.29) is 5.91 Å². The Morgan fingerprint density at radius 1 is 0.903 bits per heavy atom. The minimum atomic E-state index is -0.0345. The number of carbonyl (C=O) groups excluding carboxylic acids is 1. The lowest BCUT2D eigenvalue weighted by molar-refractivity contribution is -0.116. The minimum absolute atomic E-state index is 0.0345. The molecule has 0 aliphatic heterocycles. The van der Waals surface area contributed by atoms with Gasteiger partial charge in [0.25, 0.3) is 5.89 Å². The first-order valence-corrected chi connectivity index (χ1v) is 10.2. The summed E-state index contributed by atoms with van der Waals surface area (Å²) in [6.07, 6.45) is 0.401. The molecule has 0 aliphatic rings. The van der Waals surface area contributed by atoms with Crippen molar-refractivity contribution in [3.63, 3.8) is 0 Å². The largest absolute Gasteiger partial charge is 0.334 e. The monoisotopic (exact) mass is 412 g/mol. The van der Waals surface area contributed by atoms with E-state index in [0.29, 0.717) is 24.7 Å². The molecule has 0 bridgehead atoms. The molecule has 0 saturated heterocycles. The van der Waals surface area contributed by atoms with Crippen molar-refractivity contribution in [3.05, 3.63) is 90.0 Å². The van der Waals surface area contributed by atoms with E-state index in [2.05, 4.69) is 32.9 Å². The lowest BCUT2D eigenvalue weighted by Gasteiger charge is -2.07. The fourth-order valence-electron chi connectivity index (χ4n) is 3.11. The van der Waals surface area contributed by atoms with E-state index in [4.69, 9.17) is 4.52 Å². The van der Waals surface area contributed by atoms with Gasteiger partial charge in [-0.2, -0.15) is 4.98 Å². The molecule has 4 aromatic rings. The summed E-state index contributed by atoms with van der Waals surface area (Å²) in [6, 6.07) is 25.5. The number of carbonyl (C=O) groups is 1. The van der Waals surface area contributed by atoms with Crippen LogP contribution in [-0.4, -0.2) is 22.6 Å². The average molecular weight is 412 g/mol. The van der Waals surface area contributed by atoms with Gasteiger partial charge in [0.1, 0.15) is 0 Å². The standard InChI is InChI=1S/C25H24N4O2/c1-18-7-9-20(10-8-18)24-28-25(31-29-24)21-11-13-22(14-12-21)27-23(30)15-16-26-17-19-5-3-2-4-6-19/h2-14,26H,15-17H2,1H3,(H,27,30). The van der Waals surface area contributed by atoms with Gasteiger partial charge in [0, 0.05) is 36.3 Å². The summed E-state index contributed by atoms with van der Waals surface area (Å²) in [5.41, 5.74) is 4.82. The summed E-state index contributed by atoms with van der Waals surface area (Å²) in [7, 11) is 0. The molecule has 0 atom stereocenters. The number of amides is 1. The maximum Gasteiger partial charge on any atom is 0.258 e. The van der Waals surface area contributed by atoms with Gasteiger partial charge in [-0.05, 0) is 36.8 Å². The van der Waals surface area contributed by atoms with Crippen molar-refractivity contribution in [1.29, 1.82) is 0 Å². The van der Waals surface area contributed by atoms with Gasteiger partial charge >= 0.3 is 0 Å². The SMILES string of the molecule is Cc1ccc(-c2noc(-c3ccc(NC(=O)CCNCc4ccccc4)cc3)n2)cc1. The number of rotatable bonds is 8. The molecule has 1 amide bonds. The van der Waals surface area contributed by atoms with Gasteiger partial charge in [-0.1, -0.05) is 65.3 Å². The van der Waals surface area contributed by atoms with Crippen LogP contribution in [0.5, 0.6) is 0 Å². The van der Waals surface area contributed by atoms with E-state index in [0.717, 1.165) is 23.4 Å². The van der Waals surface area contributed by atoms with Gasteiger partial charge in [0.05, 0.1) is 0 Å². The van der Waals surface area contributed by atoms with E-state index < -0.39 is 0 Å². The Balaban J connectivity index is 1.28. The zero-order valence-corrected chi connectivity index (χ0v) is 17.3. The van der Waals surface area contributed by atoms with Crippen molar-refractivity contribution in [2.24, 2.45) is 0 Å². The molecular formula is C25H24N4O2. The third-order valence-corrected chi connectivity index (χ3v) is 4.85. The van der Waals surface area contributed by atoms with Gasteiger partial charge in [-0.15, -0.1) is 0 Å². The number of nitrogens with zero attached hydrogens (tertiary/aromatic N) is 2. The van der Waals surface area contributed by atoms with Crippen molar-refractivity contribution in [2.45, 2.75) is 19.9 Å². The minimum Gasteiger partial charge on any atom is -0.334 e. The number of hydrogen-bond acceptors (Lipinski definition) is 5. The molecule has 31 heavy (non-hydrogen) atoms. The van der Waals surface area contributed by atoms with E-state index in [9.17, 15) is 4.79 Å². The topological polar surface area (TPSA) is 80.0 Å². The Kier molecular flexibility index (Phi) is 6.50. The molecular weight excluding hydrogens is 388 g/mol. The average Bonchev–Trinajstić information content (AvgIpc) is 3.29. The molecule has 0 aliphatic carbocycles. The lowest BCUT2D eigenvalue weighted by Crippen LogP contribution is -2.21. The smallest absolute Gasteiger partial charge is 0.258 e. The normalized spacial score (nSPS) is 10.7. The molecule has 0 fully saturated rings. The van der Waals surface area contributed by atoms with Crippen molar-refractivity contribution >= 4 is 11.6 Å². The maximum atomic E-state index is 12.2. The number of aromatic nitrogens is 2. The first-order chi connectivity index (χ1) is 15.2. The van der Waals surface area contributed by atoms with Crippen molar-refractivity contribution in [1.82, 2.24) is 15.5 Å². The molecule has 6 heteroatoms. The molecule has 6 nitrogen and oxygen atoms in total. The summed E-state index contributed by atoms with van der Waals surface area (Å²) in [5, 5.41) is 10.3. The Morgan fingerprint density at radius 3 is 2.35 bits per heavy atom. The zero-order valence-electron chi connectivity index (χ0n) is 17.3. The first-order valence-electron chi connectivity index (χ1n) is 10.2. The number of hydrogen-bond donors (Lipinski definition) is 2. The van der Waals surface area contributed by atoms with Gasteiger partial charge in [-0.25, -0.2) is 0 Å². The van der Waals surface area contributed by atoms with Crippen LogP contribution in [-0.2, 0) is 11.3 Å². The van der Waals surface area contributed by atoms with E-state index in [1.54, 1.807) is 0 Å². The highest BCUT2D eigenvalue weighted by Gasteiger charge is 2.11. The Hall–Kier alpha value is -3.77. The summed E-state index contributed by atoms with van der Waals surface area (Å²) in [5.74, 6) is 0.960. The fourth-order valence-corrected chi connectivity index (χ4v) is 3.11. The summed E-state index contributed by atoms with van der Waals surface area (Å²) in [4.78, 5) is 16.6. The molecule has 0 saturated carbocycles. The molecule has 2 N–H and O–H groups in total. The highest BCUT2D eigenvalue weighted by molar-refractivity contribution is 5.91. The second kappa shape index (κ2) is 9.82. The summed E-state index contributed by atoms with van der Waals surface area (Å²) in [6.45, 7) is 3.40. The Morgan fingerprint density at radius 2 is 1.61 bits per heavy atom. The predicted molar refractivity (Wildman–Crippen MR) is 121 cm³/mol. The molecule has 1 aromatic heterocycles. The van der Waals surface area contributed by atoms with E-state index in [1.807, 2.05) is 73.7 Å².